The van der Waals surface area contributed by atoms with Gasteiger partial charge in [0.2, 0.25) is 0 Å². The van der Waals surface area contributed by atoms with Crippen molar-refractivity contribution >= 4 is 11.7 Å². The van der Waals surface area contributed by atoms with Crippen LogP contribution in [0.25, 0.3) is 0 Å². The molecule has 0 radical (unpaired) electrons. The summed E-state index contributed by atoms with van der Waals surface area (Å²) in [6, 6.07) is 6.97. The van der Waals surface area contributed by atoms with E-state index >= 15 is 0 Å². The summed E-state index contributed by atoms with van der Waals surface area (Å²) in [4.78, 5) is 12.0. The number of hydrogen-bond acceptors (Lipinski definition) is 4. The van der Waals surface area contributed by atoms with Gasteiger partial charge in [-0.05, 0) is 30.4 Å². The maximum absolute atomic E-state index is 12.0. The molecule has 1 aliphatic heterocycles. The molecule has 1 aromatic carbocycles. The summed E-state index contributed by atoms with van der Waals surface area (Å²) in [5.74, 6) is 0.469. The van der Waals surface area contributed by atoms with Crippen LogP contribution in [0.4, 0.5) is 10.5 Å². The second kappa shape index (κ2) is 7.34. The molecule has 1 heterocycles. The molecule has 1 aromatic rings. The summed E-state index contributed by atoms with van der Waals surface area (Å²) in [6.07, 6.45) is 2.20. The molecule has 6 heteroatoms. The number of benzene rings is 1. The highest BCUT2D eigenvalue weighted by Crippen LogP contribution is 2.26. The van der Waals surface area contributed by atoms with E-state index in [0.717, 1.165) is 19.4 Å². The Labute approximate surface area is 137 Å². The molecule has 6 nitrogen and oxygen atoms in total. The lowest BCUT2D eigenvalue weighted by Crippen LogP contribution is -2.49. The van der Waals surface area contributed by atoms with Crippen LogP contribution in [0.2, 0.25) is 0 Å². The van der Waals surface area contributed by atoms with E-state index < -0.39 is 0 Å². The summed E-state index contributed by atoms with van der Waals surface area (Å²) < 4.78 is 5.20. The highest BCUT2D eigenvalue weighted by atomic mass is 16.5. The number of nitrogens with one attached hydrogen (secondary N) is 3. The second-order valence-electron chi connectivity index (χ2n) is 6.64. The molecule has 0 aromatic heterocycles. The molecule has 3 N–H and O–H groups in total. The Kier molecular flexibility index (Phi) is 5.45. The Morgan fingerprint density at radius 1 is 1.52 bits per heavy atom. The summed E-state index contributed by atoms with van der Waals surface area (Å²) >= 11 is 0. The first kappa shape index (κ1) is 17.1. The van der Waals surface area contributed by atoms with Crippen molar-refractivity contribution in [2.24, 2.45) is 5.41 Å². The van der Waals surface area contributed by atoms with Gasteiger partial charge in [-0.2, -0.15) is 5.26 Å². The molecule has 1 aliphatic rings. The number of amides is 2. The van der Waals surface area contributed by atoms with Crippen LogP contribution in [0.1, 0.15) is 32.3 Å². The predicted octanol–water partition coefficient (Wildman–Crippen LogP) is 2.47. The van der Waals surface area contributed by atoms with Crippen molar-refractivity contribution < 1.29 is 9.53 Å². The fourth-order valence-corrected chi connectivity index (χ4v) is 2.60. The van der Waals surface area contributed by atoms with E-state index in [1.807, 2.05) is 6.07 Å². The number of piperidine rings is 1. The Bertz CT molecular complexity index is 597. The molecule has 0 saturated carbocycles. The second-order valence-corrected chi connectivity index (χ2v) is 6.64. The maximum Gasteiger partial charge on any atom is 0.319 e. The third kappa shape index (κ3) is 4.86. The molecule has 23 heavy (non-hydrogen) atoms. The minimum absolute atomic E-state index is 0.278. The van der Waals surface area contributed by atoms with Gasteiger partial charge in [-0.15, -0.1) is 0 Å². The number of methoxy groups -OCH3 is 1. The Hall–Kier alpha value is -2.26. The van der Waals surface area contributed by atoms with Crippen LogP contribution >= 0.6 is 0 Å². The molecule has 1 fully saturated rings. The summed E-state index contributed by atoms with van der Waals surface area (Å²) in [7, 11) is 1.51. The molecular formula is C17H24N4O2. The van der Waals surface area contributed by atoms with Crippen molar-refractivity contribution in [3.8, 4) is 11.8 Å². The lowest BCUT2D eigenvalue weighted by molar-refractivity contribution is 0.217. The van der Waals surface area contributed by atoms with E-state index in [4.69, 9.17) is 10.00 Å². The van der Waals surface area contributed by atoms with Gasteiger partial charge in [-0.1, -0.05) is 13.8 Å². The lowest BCUT2D eigenvalue weighted by Gasteiger charge is -2.35. The number of urea groups is 1. The molecule has 124 valence electrons. The van der Waals surface area contributed by atoms with E-state index in [1.54, 1.807) is 18.2 Å². The average molecular weight is 316 g/mol. The fraction of sp³-hybridized carbons (Fsp3) is 0.529. The van der Waals surface area contributed by atoms with Gasteiger partial charge >= 0.3 is 6.03 Å². The zero-order valence-corrected chi connectivity index (χ0v) is 13.9. The normalized spacial score (nSPS) is 19.5. The van der Waals surface area contributed by atoms with Crippen LogP contribution in [0, 0.1) is 16.7 Å². The van der Waals surface area contributed by atoms with Crippen LogP contribution in [-0.4, -0.2) is 32.3 Å². The van der Waals surface area contributed by atoms with E-state index in [2.05, 4.69) is 29.8 Å². The first-order valence-corrected chi connectivity index (χ1v) is 7.80. The van der Waals surface area contributed by atoms with E-state index in [-0.39, 0.29) is 6.03 Å². The van der Waals surface area contributed by atoms with E-state index in [0.29, 0.717) is 35.0 Å². The number of hydrogen-bond donors (Lipinski definition) is 3. The number of carbonyl (C=O) groups excluding carboxylic acids is 1. The van der Waals surface area contributed by atoms with Gasteiger partial charge in [0.05, 0.1) is 24.4 Å². The standard InChI is InChI=1S/C17H24N4O2/c1-17(2)7-6-13(20-11-17)10-19-16(22)21-14-5-4-12(9-18)8-15(14)23-3/h4-5,8,13,20H,6-7,10-11H2,1-3H3,(H2,19,21,22). The minimum atomic E-state index is -0.278. The molecular weight excluding hydrogens is 292 g/mol. The van der Waals surface area contributed by atoms with Crippen molar-refractivity contribution in [1.82, 2.24) is 10.6 Å². The minimum Gasteiger partial charge on any atom is -0.495 e. The highest BCUT2D eigenvalue weighted by molar-refractivity contribution is 5.91. The third-order valence-electron chi connectivity index (χ3n) is 4.13. The van der Waals surface area contributed by atoms with Crippen LogP contribution < -0.4 is 20.7 Å². The van der Waals surface area contributed by atoms with Gasteiger partial charge in [-0.25, -0.2) is 4.79 Å². The Morgan fingerprint density at radius 2 is 2.30 bits per heavy atom. The molecule has 1 atom stereocenters. The summed E-state index contributed by atoms with van der Waals surface area (Å²) in [5, 5.41) is 18.0. The zero-order valence-electron chi connectivity index (χ0n) is 13.9. The first-order valence-electron chi connectivity index (χ1n) is 7.80. The molecule has 1 saturated heterocycles. The topological polar surface area (TPSA) is 86.2 Å². The smallest absolute Gasteiger partial charge is 0.319 e. The molecule has 2 amide bonds. The lowest BCUT2D eigenvalue weighted by atomic mass is 9.82. The van der Waals surface area contributed by atoms with Crippen molar-refractivity contribution in [2.45, 2.75) is 32.7 Å². The zero-order chi connectivity index (χ0) is 16.9. The number of anilines is 1. The van der Waals surface area contributed by atoms with E-state index in [1.165, 1.54) is 7.11 Å². The van der Waals surface area contributed by atoms with Crippen molar-refractivity contribution in [2.75, 3.05) is 25.5 Å². The Morgan fingerprint density at radius 3 is 2.91 bits per heavy atom. The van der Waals surface area contributed by atoms with Crippen LogP contribution in [-0.2, 0) is 0 Å². The van der Waals surface area contributed by atoms with Crippen molar-refractivity contribution in [3.05, 3.63) is 23.8 Å². The molecule has 0 aliphatic carbocycles. The number of nitrogens with zero attached hydrogens (tertiary/aromatic N) is 1. The number of rotatable bonds is 4. The van der Waals surface area contributed by atoms with Gasteiger partial charge in [0.15, 0.2) is 0 Å². The third-order valence-corrected chi connectivity index (χ3v) is 4.13. The average Bonchev–Trinajstić information content (AvgIpc) is 2.54. The van der Waals surface area contributed by atoms with Gasteiger partial charge < -0.3 is 20.7 Å². The SMILES string of the molecule is COc1cc(C#N)ccc1NC(=O)NCC1CCC(C)(C)CN1. The summed E-state index contributed by atoms with van der Waals surface area (Å²) in [5.41, 5.74) is 1.36. The van der Waals surface area contributed by atoms with Crippen LogP contribution in [0.5, 0.6) is 5.75 Å². The van der Waals surface area contributed by atoms with Crippen molar-refractivity contribution in [1.29, 1.82) is 5.26 Å². The largest absolute Gasteiger partial charge is 0.495 e. The number of carbonyl (C=O) groups is 1. The van der Waals surface area contributed by atoms with Gasteiger partial charge in [0.1, 0.15) is 5.75 Å². The Balaban J connectivity index is 1.85. The van der Waals surface area contributed by atoms with Crippen LogP contribution in [0.15, 0.2) is 18.2 Å². The molecule has 2 rings (SSSR count). The van der Waals surface area contributed by atoms with Crippen LogP contribution in [0.3, 0.4) is 0 Å². The molecule has 0 bridgehead atoms. The quantitative estimate of drug-likeness (QED) is 0.796. The number of ether oxygens (including phenoxy) is 1. The van der Waals surface area contributed by atoms with Gasteiger partial charge in [0, 0.05) is 25.2 Å². The van der Waals surface area contributed by atoms with Gasteiger partial charge in [0.25, 0.3) is 0 Å². The monoisotopic (exact) mass is 316 g/mol. The number of nitriles is 1. The highest BCUT2D eigenvalue weighted by Gasteiger charge is 2.26. The first-order chi connectivity index (χ1) is 10.9. The fourth-order valence-electron chi connectivity index (χ4n) is 2.60. The molecule has 1 unspecified atom stereocenters. The summed E-state index contributed by atoms with van der Waals surface area (Å²) in [6.45, 7) is 6.03. The van der Waals surface area contributed by atoms with Gasteiger partial charge in [-0.3, -0.25) is 0 Å². The molecule has 0 spiro atoms. The maximum atomic E-state index is 12.0. The van der Waals surface area contributed by atoms with Crippen molar-refractivity contribution in [3.63, 3.8) is 0 Å². The van der Waals surface area contributed by atoms with E-state index in [9.17, 15) is 4.79 Å². The predicted molar refractivity (Wildman–Crippen MR) is 89.5 cm³/mol.